The molecule has 1 N–H and O–H groups in total. The fraction of sp³-hybridized carbons (Fsp3) is 0.278. The number of sulfonamides is 1. The molecule has 138 valence electrons. The van der Waals surface area contributed by atoms with Gasteiger partial charge in [-0.25, -0.2) is 17.2 Å². The summed E-state index contributed by atoms with van der Waals surface area (Å²) in [5.41, 5.74) is 0.683. The molecule has 2 aromatic carbocycles. The van der Waals surface area contributed by atoms with Crippen LogP contribution in [0.4, 0.5) is 14.5 Å². The van der Waals surface area contributed by atoms with E-state index in [1.165, 1.54) is 0 Å². The van der Waals surface area contributed by atoms with Crippen molar-refractivity contribution in [1.29, 1.82) is 0 Å². The minimum Gasteiger partial charge on any atom is -0.326 e. The number of piperidine rings is 1. The molecule has 3 rings (SSSR count). The molecule has 0 aliphatic carbocycles. The summed E-state index contributed by atoms with van der Waals surface area (Å²) in [6.45, 7) is 0.237. The fourth-order valence-electron chi connectivity index (χ4n) is 2.95. The highest BCUT2D eigenvalue weighted by Crippen LogP contribution is 2.25. The second kappa shape index (κ2) is 7.51. The van der Waals surface area contributed by atoms with Gasteiger partial charge in [0.1, 0.15) is 11.6 Å². The van der Waals surface area contributed by atoms with E-state index in [0.29, 0.717) is 24.6 Å². The maximum absolute atomic E-state index is 13.3. The zero-order valence-corrected chi connectivity index (χ0v) is 14.7. The van der Waals surface area contributed by atoms with Gasteiger partial charge in [0.15, 0.2) is 0 Å². The minimum absolute atomic E-state index is 0.118. The van der Waals surface area contributed by atoms with Gasteiger partial charge >= 0.3 is 0 Å². The summed E-state index contributed by atoms with van der Waals surface area (Å²) in [5.74, 6) is -2.36. The van der Waals surface area contributed by atoms with Crippen LogP contribution in [0.1, 0.15) is 12.8 Å². The molecule has 1 saturated heterocycles. The van der Waals surface area contributed by atoms with Crippen molar-refractivity contribution in [1.82, 2.24) is 4.31 Å². The molecule has 1 heterocycles. The number of anilines is 1. The summed E-state index contributed by atoms with van der Waals surface area (Å²) in [6.07, 6.45) is 0.686. The fourth-order valence-corrected chi connectivity index (χ4v) is 4.46. The molecule has 5 nitrogen and oxygen atoms in total. The van der Waals surface area contributed by atoms with Gasteiger partial charge < -0.3 is 5.32 Å². The monoisotopic (exact) mass is 380 g/mol. The average molecular weight is 380 g/mol. The largest absolute Gasteiger partial charge is 0.326 e. The molecule has 2 aromatic rings. The zero-order chi connectivity index (χ0) is 18.7. The third-order valence-electron chi connectivity index (χ3n) is 4.34. The lowest BCUT2D eigenvalue weighted by Crippen LogP contribution is -2.41. The van der Waals surface area contributed by atoms with Crippen LogP contribution in [0.25, 0.3) is 0 Å². The molecule has 0 bridgehead atoms. The van der Waals surface area contributed by atoms with Crippen LogP contribution in [0, 0.1) is 17.6 Å². The maximum atomic E-state index is 13.3. The third kappa shape index (κ3) is 4.08. The van der Waals surface area contributed by atoms with Crippen LogP contribution >= 0.6 is 0 Å². The number of nitrogens with zero attached hydrogens (tertiary/aromatic N) is 1. The topological polar surface area (TPSA) is 66.5 Å². The number of halogens is 2. The van der Waals surface area contributed by atoms with Crippen molar-refractivity contribution in [3.8, 4) is 0 Å². The highest BCUT2D eigenvalue weighted by atomic mass is 32.2. The van der Waals surface area contributed by atoms with Crippen molar-refractivity contribution in [2.75, 3.05) is 18.4 Å². The summed E-state index contributed by atoms with van der Waals surface area (Å²) in [4.78, 5) is 11.9. The van der Waals surface area contributed by atoms with Crippen molar-refractivity contribution in [3.63, 3.8) is 0 Å². The number of carbonyl (C=O) groups is 1. The van der Waals surface area contributed by atoms with E-state index < -0.39 is 26.6 Å². The quantitative estimate of drug-likeness (QED) is 0.887. The van der Waals surface area contributed by atoms with Gasteiger partial charge in [0.2, 0.25) is 15.9 Å². The van der Waals surface area contributed by atoms with Gasteiger partial charge in [-0.2, -0.15) is 4.31 Å². The van der Waals surface area contributed by atoms with Crippen LogP contribution in [0.15, 0.2) is 53.4 Å². The Hall–Kier alpha value is -2.32. The van der Waals surface area contributed by atoms with Crippen molar-refractivity contribution < 1.29 is 22.0 Å². The Labute approximate surface area is 150 Å². The van der Waals surface area contributed by atoms with Gasteiger partial charge in [-0.1, -0.05) is 18.2 Å². The molecule has 8 heteroatoms. The molecule has 26 heavy (non-hydrogen) atoms. The van der Waals surface area contributed by atoms with E-state index in [2.05, 4.69) is 5.32 Å². The predicted octanol–water partition coefficient (Wildman–Crippen LogP) is 3.00. The van der Waals surface area contributed by atoms with E-state index in [1.54, 1.807) is 12.1 Å². The first kappa shape index (κ1) is 18.5. The Morgan fingerprint density at radius 1 is 1.00 bits per heavy atom. The summed E-state index contributed by atoms with van der Waals surface area (Å²) in [7, 11) is -3.99. The summed E-state index contributed by atoms with van der Waals surface area (Å²) < 4.78 is 52.9. The lowest BCUT2D eigenvalue weighted by atomic mass is 9.97. The van der Waals surface area contributed by atoms with Crippen molar-refractivity contribution >= 4 is 21.6 Å². The van der Waals surface area contributed by atoms with Crippen LogP contribution in [0.5, 0.6) is 0 Å². The molecule has 1 amide bonds. The normalized spacial score (nSPS) is 16.4. The standard InChI is InChI=1S/C18H18F2N2O3S/c19-14-10-15(20)12-17(11-14)26(24,25)22-8-6-13(7-9-22)18(23)21-16-4-2-1-3-5-16/h1-5,10-13H,6-9H2,(H,21,23). The number of hydrogen-bond acceptors (Lipinski definition) is 3. The van der Waals surface area contributed by atoms with E-state index in [1.807, 2.05) is 18.2 Å². The SMILES string of the molecule is O=C(Nc1ccccc1)C1CCN(S(=O)(=O)c2cc(F)cc(F)c2)CC1. The van der Waals surface area contributed by atoms with E-state index in [4.69, 9.17) is 0 Å². The Kier molecular flexibility index (Phi) is 5.33. The van der Waals surface area contributed by atoms with Gasteiger partial charge in [-0.3, -0.25) is 4.79 Å². The van der Waals surface area contributed by atoms with Crippen molar-refractivity contribution in [2.45, 2.75) is 17.7 Å². The highest BCUT2D eigenvalue weighted by molar-refractivity contribution is 7.89. The second-order valence-corrected chi connectivity index (χ2v) is 8.08. The van der Waals surface area contributed by atoms with Crippen LogP contribution < -0.4 is 5.32 Å². The Bertz CT molecular complexity index is 876. The number of rotatable bonds is 4. The van der Waals surface area contributed by atoms with Crippen molar-refractivity contribution in [3.05, 3.63) is 60.2 Å². The van der Waals surface area contributed by atoms with E-state index in [-0.39, 0.29) is 24.9 Å². The third-order valence-corrected chi connectivity index (χ3v) is 6.22. The Balaban J connectivity index is 1.65. The molecule has 0 spiro atoms. The van der Waals surface area contributed by atoms with Crippen molar-refractivity contribution in [2.24, 2.45) is 5.92 Å². The average Bonchev–Trinajstić information content (AvgIpc) is 2.62. The molecule has 0 radical (unpaired) electrons. The number of hydrogen-bond donors (Lipinski definition) is 1. The summed E-state index contributed by atoms with van der Waals surface area (Å²) >= 11 is 0. The molecule has 0 atom stereocenters. The van der Waals surface area contributed by atoms with Crippen LogP contribution in [0.2, 0.25) is 0 Å². The summed E-state index contributed by atoms with van der Waals surface area (Å²) in [5, 5.41) is 2.81. The van der Waals surface area contributed by atoms with Crippen LogP contribution in [-0.4, -0.2) is 31.7 Å². The lowest BCUT2D eigenvalue weighted by molar-refractivity contribution is -0.120. The second-order valence-electron chi connectivity index (χ2n) is 6.14. The van der Waals surface area contributed by atoms with E-state index in [9.17, 15) is 22.0 Å². The molecule has 0 aromatic heterocycles. The van der Waals surface area contributed by atoms with Gasteiger partial charge in [0.25, 0.3) is 0 Å². The molecular formula is C18H18F2N2O3S. The van der Waals surface area contributed by atoms with Crippen LogP contribution in [-0.2, 0) is 14.8 Å². The number of para-hydroxylation sites is 1. The first-order valence-corrected chi connectivity index (χ1v) is 9.62. The minimum atomic E-state index is -3.99. The van der Waals surface area contributed by atoms with Gasteiger partial charge in [-0.15, -0.1) is 0 Å². The lowest BCUT2D eigenvalue weighted by Gasteiger charge is -2.30. The van der Waals surface area contributed by atoms with E-state index >= 15 is 0 Å². The number of nitrogens with one attached hydrogen (secondary N) is 1. The molecule has 1 aliphatic rings. The molecular weight excluding hydrogens is 362 g/mol. The first-order valence-electron chi connectivity index (χ1n) is 8.18. The van der Waals surface area contributed by atoms with Gasteiger partial charge in [0, 0.05) is 30.8 Å². The number of carbonyl (C=O) groups excluding carboxylic acids is 1. The maximum Gasteiger partial charge on any atom is 0.243 e. The number of amides is 1. The highest BCUT2D eigenvalue weighted by Gasteiger charge is 2.32. The summed E-state index contributed by atoms with van der Waals surface area (Å²) in [6, 6.07) is 11.2. The smallest absolute Gasteiger partial charge is 0.243 e. The molecule has 0 saturated carbocycles. The number of benzene rings is 2. The Morgan fingerprint density at radius 3 is 2.15 bits per heavy atom. The zero-order valence-electron chi connectivity index (χ0n) is 13.9. The van der Waals surface area contributed by atoms with E-state index in [0.717, 1.165) is 16.4 Å². The predicted molar refractivity (Wildman–Crippen MR) is 92.9 cm³/mol. The van der Waals surface area contributed by atoms with Gasteiger partial charge in [0.05, 0.1) is 4.90 Å². The first-order chi connectivity index (χ1) is 12.4. The van der Waals surface area contributed by atoms with Gasteiger partial charge in [-0.05, 0) is 37.1 Å². The van der Waals surface area contributed by atoms with Crippen LogP contribution in [0.3, 0.4) is 0 Å². The molecule has 1 fully saturated rings. The molecule has 0 unspecified atom stereocenters. The Morgan fingerprint density at radius 2 is 1.58 bits per heavy atom. The molecule has 1 aliphatic heterocycles.